The van der Waals surface area contributed by atoms with Crippen molar-refractivity contribution in [3.8, 4) is 0 Å². The lowest BCUT2D eigenvalue weighted by Crippen LogP contribution is -2.48. The average Bonchev–Trinajstić information content (AvgIpc) is 2.68. The summed E-state index contributed by atoms with van der Waals surface area (Å²) < 4.78 is 0. The van der Waals surface area contributed by atoms with Crippen LogP contribution in [0.25, 0.3) is 0 Å². The smallest absolute Gasteiger partial charge is 0.317 e. The van der Waals surface area contributed by atoms with Crippen LogP contribution in [0.3, 0.4) is 0 Å². The molecule has 1 aliphatic rings. The van der Waals surface area contributed by atoms with Crippen molar-refractivity contribution in [2.45, 2.75) is 53.0 Å². The van der Waals surface area contributed by atoms with Gasteiger partial charge in [0.15, 0.2) is 0 Å². The van der Waals surface area contributed by atoms with E-state index in [2.05, 4.69) is 36.5 Å². The Bertz CT molecular complexity index is 588. The Hall–Kier alpha value is -2.04. The van der Waals surface area contributed by atoms with Gasteiger partial charge < -0.3 is 15.1 Å². The van der Waals surface area contributed by atoms with Crippen molar-refractivity contribution in [1.29, 1.82) is 0 Å². The van der Waals surface area contributed by atoms with Crippen LogP contribution in [0.2, 0.25) is 0 Å². The molecule has 1 aliphatic heterocycles. The molecule has 1 aromatic rings. The number of hydrogen-bond acceptors (Lipinski definition) is 2. The molecule has 1 fully saturated rings. The fourth-order valence-electron chi connectivity index (χ4n) is 3.52. The van der Waals surface area contributed by atoms with Crippen LogP contribution in [0.5, 0.6) is 0 Å². The highest BCUT2D eigenvalue weighted by Gasteiger charge is 2.29. The van der Waals surface area contributed by atoms with E-state index in [-0.39, 0.29) is 23.9 Å². The SMILES string of the molecule is CCc1ccc([C@H](C)NC(=O)N2CCC(C(=O)N(CC)CC)CC2)cc1. The van der Waals surface area contributed by atoms with Gasteiger partial charge >= 0.3 is 6.03 Å². The maximum Gasteiger partial charge on any atom is 0.317 e. The standard InChI is InChI=1S/C21H33N3O2/c1-5-17-8-10-18(11-9-17)16(4)22-21(26)24-14-12-19(13-15-24)20(25)23(6-2)7-3/h8-11,16,19H,5-7,12-15H2,1-4H3,(H,22,26)/t16-/m0/s1. The quantitative estimate of drug-likeness (QED) is 0.844. The summed E-state index contributed by atoms with van der Waals surface area (Å²) in [4.78, 5) is 28.7. The van der Waals surface area contributed by atoms with Crippen molar-refractivity contribution in [2.24, 2.45) is 5.92 Å². The summed E-state index contributed by atoms with van der Waals surface area (Å²) in [6.07, 6.45) is 2.52. The molecule has 0 aromatic heterocycles. The van der Waals surface area contributed by atoms with E-state index < -0.39 is 0 Å². The molecule has 0 unspecified atom stereocenters. The molecule has 1 saturated heterocycles. The highest BCUT2D eigenvalue weighted by molar-refractivity contribution is 5.80. The molecule has 0 radical (unpaired) electrons. The number of nitrogens with zero attached hydrogens (tertiary/aromatic N) is 2. The minimum Gasteiger partial charge on any atom is -0.343 e. The van der Waals surface area contributed by atoms with Gasteiger partial charge in [0, 0.05) is 32.1 Å². The minimum atomic E-state index is -0.0363. The number of aryl methyl sites for hydroxylation is 1. The van der Waals surface area contributed by atoms with Crippen molar-refractivity contribution < 1.29 is 9.59 Å². The highest BCUT2D eigenvalue weighted by atomic mass is 16.2. The summed E-state index contributed by atoms with van der Waals surface area (Å²) in [6, 6.07) is 8.33. The van der Waals surface area contributed by atoms with Gasteiger partial charge in [0.2, 0.25) is 5.91 Å². The van der Waals surface area contributed by atoms with Crippen LogP contribution in [0.1, 0.15) is 57.7 Å². The first-order valence-corrected chi connectivity index (χ1v) is 9.93. The molecule has 144 valence electrons. The van der Waals surface area contributed by atoms with Gasteiger partial charge in [-0.25, -0.2) is 4.79 Å². The van der Waals surface area contributed by atoms with Crippen molar-refractivity contribution in [2.75, 3.05) is 26.2 Å². The number of benzene rings is 1. The second-order valence-corrected chi connectivity index (χ2v) is 7.04. The predicted molar refractivity (Wildman–Crippen MR) is 105 cm³/mol. The number of hydrogen-bond donors (Lipinski definition) is 1. The average molecular weight is 360 g/mol. The highest BCUT2D eigenvalue weighted by Crippen LogP contribution is 2.21. The van der Waals surface area contributed by atoms with Crippen LogP contribution in [0, 0.1) is 5.92 Å². The first-order valence-electron chi connectivity index (χ1n) is 9.93. The molecule has 0 saturated carbocycles. The molecular formula is C21H33N3O2. The third-order valence-electron chi connectivity index (χ3n) is 5.43. The molecule has 1 aromatic carbocycles. The van der Waals surface area contributed by atoms with E-state index in [4.69, 9.17) is 0 Å². The third kappa shape index (κ3) is 4.99. The molecule has 5 nitrogen and oxygen atoms in total. The summed E-state index contributed by atoms with van der Waals surface area (Å²) in [6.45, 7) is 11.0. The maximum atomic E-state index is 12.5. The largest absolute Gasteiger partial charge is 0.343 e. The van der Waals surface area contributed by atoms with E-state index in [9.17, 15) is 9.59 Å². The minimum absolute atomic E-state index is 0.0246. The molecule has 1 N–H and O–H groups in total. The van der Waals surface area contributed by atoms with Gasteiger partial charge in [0.05, 0.1) is 6.04 Å². The van der Waals surface area contributed by atoms with Crippen molar-refractivity contribution in [1.82, 2.24) is 15.1 Å². The van der Waals surface area contributed by atoms with E-state index in [1.807, 2.05) is 30.6 Å². The summed E-state index contributed by atoms with van der Waals surface area (Å²) >= 11 is 0. The summed E-state index contributed by atoms with van der Waals surface area (Å²) in [5, 5.41) is 3.08. The van der Waals surface area contributed by atoms with Gasteiger partial charge in [0.1, 0.15) is 0 Å². The van der Waals surface area contributed by atoms with Crippen molar-refractivity contribution >= 4 is 11.9 Å². The van der Waals surface area contributed by atoms with Crippen molar-refractivity contribution in [3.05, 3.63) is 35.4 Å². The van der Waals surface area contributed by atoms with Crippen LogP contribution < -0.4 is 5.32 Å². The van der Waals surface area contributed by atoms with E-state index in [1.165, 1.54) is 5.56 Å². The topological polar surface area (TPSA) is 52.7 Å². The normalized spacial score (nSPS) is 16.2. The van der Waals surface area contributed by atoms with E-state index >= 15 is 0 Å². The predicted octanol–water partition coefficient (Wildman–Crippen LogP) is 3.60. The lowest BCUT2D eigenvalue weighted by atomic mass is 9.95. The van der Waals surface area contributed by atoms with Gasteiger partial charge in [-0.15, -0.1) is 0 Å². The van der Waals surface area contributed by atoms with Crippen LogP contribution in [-0.4, -0.2) is 47.9 Å². The molecule has 5 heteroatoms. The maximum absolute atomic E-state index is 12.5. The number of amides is 3. The van der Waals surface area contributed by atoms with E-state index in [1.54, 1.807) is 0 Å². The first kappa shape index (κ1) is 20.3. The molecule has 1 heterocycles. The molecule has 0 bridgehead atoms. The van der Waals surface area contributed by atoms with E-state index in [0.29, 0.717) is 13.1 Å². The fourth-order valence-corrected chi connectivity index (χ4v) is 3.52. The number of carbonyl (C=O) groups is 2. The lowest BCUT2D eigenvalue weighted by molar-refractivity contribution is -0.136. The zero-order valence-electron chi connectivity index (χ0n) is 16.6. The number of carbonyl (C=O) groups excluding carboxylic acids is 2. The second kappa shape index (κ2) is 9.60. The molecule has 26 heavy (non-hydrogen) atoms. The monoisotopic (exact) mass is 359 g/mol. The molecular weight excluding hydrogens is 326 g/mol. The Labute approximate surface area is 157 Å². The Morgan fingerprint density at radius 2 is 1.69 bits per heavy atom. The first-order chi connectivity index (χ1) is 12.5. The van der Waals surface area contributed by atoms with Crippen LogP contribution in [-0.2, 0) is 11.2 Å². The number of likely N-dealkylation sites (tertiary alicyclic amines) is 1. The van der Waals surface area contributed by atoms with Gasteiger partial charge in [-0.2, -0.15) is 0 Å². The molecule has 2 rings (SSSR count). The van der Waals surface area contributed by atoms with Crippen molar-refractivity contribution in [3.63, 3.8) is 0 Å². The molecule has 3 amide bonds. The van der Waals surface area contributed by atoms with E-state index in [0.717, 1.165) is 37.9 Å². The Kier molecular flexibility index (Phi) is 7.49. The van der Waals surface area contributed by atoms with Gasteiger partial charge in [-0.05, 0) is 51.2 Å². The number of piperidine rings is 1. The Balaban J connectivity index is 1.84. The molecule has 0 aliphatic carbocycles. The molecule has 0 spiro atoms. The zero-order valence-corrected chi connectivity index (χ0v) is 16.6. The van der Waals surface area contributed by atoms with Crippen LogP contribution in [0.4, 0.5) is 4.79 Å². The Morgan fingerprint density at radius 3 is 2.19 bits per heavy atom. The van der Waals surface area contributed by atoms with Crippen LogP contribution >= 0.6 is 0 Å². The van der Waals surface area contributed by atoms with Gasteiger partial charge in [0.25, 0.3) is 0 Å². The zero-order chi connectivity index (χ0) is 19.1. The summed E-state index contributed by atoms with van der Waals surface area (Å²) in [5.41, 5.74) is 2.41. The summed E-state index contributed by atoms with van der Waals surface area (Å²) in [7, 11) is 0. The Morgan fingerprint density at radius 1 is 1.12 bits per heavy atom. The summed E-state index contributed by atoms with van der Waals surface area (Å²) in [5.74, 6) is 0.289. The van der Waals surface area contributed by atoms with Gasteiger partial charge in [-0.3, -0.25) is 4.79 Å². The van der Waals surface area contributed by atoms with Crippen LogP contribution in [0.15, 0.2) is 24.3 Å². The lowest BCUT2D eigenvalue weighted by Gasteiger charge is -2.34. The fraction of sp³-hybridized carbons (Fsp3) is 0.619. The number of rotatable bonds is 6. The number of nitrogens with one attached hydrogen (secondary N) is 1. The molecule has 1 atom stereocenters. The number of urea groups is 1. The van der Waals surface area contributed by atoms with Gasteiger partial charge in [-0.1, -0.05) is 31.2 Å². The second-order valence-electron chi connectivity index (χ2n) is 7.04. The third-order valence-corrected chi connectivity index (χ3v) is 5.43.